The predicted octanol–water partition coefficient (Wildman–Crippen LogP) is 2.60. The van der Waals surface area contributed by atoms with Crippen LogP contribution in [0.25, 0.3) is 0 Å². The second-order valence-electron chi connectivity index (χ2n) is 5.14. The number of ether oxygens (including phenoxy) is 2. The number of amides is 1. The van der Waals surface area contributed by atoms with Gasteiger partial charge in [-0.25, -0.2) is 0 Å². The average Bonchev–Trinajstić information content (AvgIpc) is 3.04. The fourth-order valence-electron chi connectivity index (χ4n) is 2.38. The van der Waals surface area contributed by atoms with Crippen molar-refractivity contribution in [2.75, 3.05) is 17.8 Å². The zero-order valence-electron chi connectivity index (χ0n) is 12.8. The molecule has 3 rings (SSSR count). The van der Waals surface area contributed by atoms with E-state index in [-0.39, 0.29) is 25.1 Å². The smallest absolute Gasteiger partial charge is 0.231 e. The highest BCUT2D eigenvalue weighted by molar-refractivity contribution is 5.94. The zero-order valence-corrected chi connectivity index (χ0v) is 13.7. The topological polar surface area (TPSA) is 99.6 Å². The lowest BCUT2D eigenvalue weighted by atomic mass is 10.1. The van der Waals surface area contributed by atoms with E-state index in [1.807, 2.05) is 13.8 Å². The number of anilines is 2. The zero-order chi connectivity index (χ0) is 15.7. The second-order valence-corrected chi connectivity index (χ2v) is 5.14. The summed E-state index contributed by atoms with van der Waals surface area (Å²) in [4.78, 5) is 12.1. The highest BCUT2D eigenvalue weighted by Gasteiger charge is 2.17. The molecule has 0 spiro atoms. The molecule has 23 heavy (non-hydrogen) atoms. The van der Waals surface area contributed by atoms with Gasteiger partial charge in [-0.1, -0.05) is 5.16 Å². The minimum Gasteiger partial charge on any atom is -0.454 e. The van der Waals surface area contributed by atoms with Gasteiger partial charge in [-0.15, -0.1) is 12.4 Å². The van der Waals surface area contributed by atoms with E-state index < -0.39 is 0 Å². The summed E-state index contributed by atoms with van der Waals surface area (Å²) in [6.45, 7) is 3.86. The molecule has 7 nitrogen and oxygen atoms in total. The highest BCUT2D eigenvalue weighted by atomic mass is 35.5. The first-order chi connectivity index (χ1) is 10.5. The summed E-state index contributed by atoms with van der Waals surface area (Å²) in [5.41, 5.74) is 8.65. The molecule has 2 heterocycles. The second kappa shape index (κ2) is 6.78. The first kappa shape index (κ1) is 17.0. The Balaban J connectivity index is 0.00000192. The van der Waals surface area contributed by atoms with Crippen molar-refractivity contribution in [3.8, 4) is 11.5 Å². The van der Waals surface area contributed by atoms with Crippen LogP contribution in [0.2, 0.25) is 0 Å². The molecule has 1 aliphatic rings. The lowest BCUT2D eigenvalue weighted by Gasteiger charge is -2.09. The Labute approximate surface area is 139 Å². The van der Waals surface area contributed by atoms with Gasteiger partial charge < -0.3 is 25.0 Å². The van der Waals surface area contributed by atoms with E-state index in [0.717, 1.165) is 17.0 Å². The van der Waals surface area contributed by atoms with Crippen LogP contribution in [0.5, 0.6) is 11.5 Å². The molecule has 1 aromatic heterocycles. The molecule has 0 unspecified atom stereocenters. The molecule has 1 aliphatic heterocycles. The Morgan fingerprint density at radius 1 is 1.30 bits per heavy atom. The number of nitrogens with zero attached hydrogens (tertiary/aromatic N) is 1. The number of carbonyl (C=O) groups is 1. The Bertz CT molecular complexity index is 710. The minimum atomic E-state index is -0.134. The molecule has 0 aliphatic carbocycles. The monoisotopic (exact) mass is 339 g/mol. The molecule has 8 heteroatoms. The summed E-state index contributed by atoms with van der Waals surface area (Å²) in [7, 11) is 0. The molecule has 2 aromatic rings. The summed E-state index contributed by atoms with van der Waals surface area (Å²) in [5, 5.41) is 6.67. The molecule has 0 bridgehead atoms. The summed E-state index contributed by atoms with van der Waals surface area (Å²) in [6, 6.07) is 3.32. The van der Waals surface area contributed by atoms with Crippen molar-refractivity contribution in [3.63, 3.8) is 0 Å². The molecule has 0 atom stereocenters. The normalized spacial score (nSPS) is 11.9. The van der Waals surface area contributed by atoms with Crippen molar-refractivity contribution < 1.29 is 18.8 Å². The minimum absolute atomic E-state index is 0. The lowest BCUT2D eigenvalue weighted by Crippen LogP contribution is -2.14. The highest BCUT2D eigenvalue weighted by Crippen LogP contribution is 2.38. The third-order valence-corrected chi connectivity index (χ3v) is 3.60. The molecule has 0 saturated carbocycles. The van der Waals surface area contributed by atoms with Crippen molar-refractivity contribution in [3.05, 3.63) is 29.2 Å². The fourth-order valence-corrected chi connectivity index (χ4v) is 2.38. The van der Waals surface area contributed by atoms with Gasteiger partial charge >= 0.3 is 0 Å². The molecule has 0 radical (unpaired) electrons. The third-order valence-electron chi connectivity index (χ3n) is 3.60. The van der Waals surface area contributed by atoms with Crippen LogP contribution in [0.1, 0.15) is 23.4 Å². The van der Waals surface area contributed by atoms with E-state index in [2.05, 4.69) is 10.5 Å². The van der Waals surface area contributed by atoms with Gasteiger partial charge in [0.05, 0.1) is 17.1 Å². The van der Waals surface area contributed by atoms with E-state index in [9.17, 15) is 4.79 Å². The number of halogens is 1. The summed E-state index contributed by atoms with van der Waals surface area (Å²) in [5.74, 6) is 1.78. The SMILES string of the molecule is Cc1noc(C)c1CCC(=O)Nc1cc2c(cc1N)OCO2.Cl. The lowest BCUT2D eigenvalue weighted by molar-refractivity contribution is -0.116. The largest absolute Gasteiger partial charge is 0.454 e. The van der Waals surface area contributed by atoms with Gasteiger partial charge in [0.25, 0.3) is 0 Å². The van der Waals surface area contributed by atoms with Crippen LogP contribution in [-0.2, 0) is 11.2 Å². The third kappa shape index (κ3) is 3.50. The predicted molar refractivity (Wildman–Crippen MR) is 87.2 cm³/mol. The van der Waals surface area contributed by atoms with E-state index in [4.69, 9.17) is 19.7 Å². The van der Waals surface area contributed by atoms with Gasteiger partial charge in [0, 0.05) is 24.1 Å². The van der Waals surface area contributed by atoms with Gasteiger partial charge in [-0.05, 0) is 20.3 Å². The van der Waals surface area contributed by atoms with Crippen LogP contribution in [0.15, 0.2) is 16.7 Å². The van der Waals surface area contributed by atoms with E-state index in [1.165, 1.54) is 0 Å². The molecule has 0 saturated heterocycles. The van der Waals surface area contributed by atoms with Crippen LogP contribution in [0.4, 0.5) is 11.4 Å². The molecular weight excluding hydrogens is 322 g/mol. The standard InChI is InChI=1S/C15H17N3O4.ClH/c1-8-10(9(2)22-18-8)3-4-15(19)17-12-6-14-13(5-11(12)16)20-7-21-14;/h5-6H,3-4,7,16H2,1-2H3,(H,17,19);1H. The van der Waals surface area contributed by atoms with E-state index >= 15 is 0 Å². The van der Waals surface area contributed by atoms with Crippen molar-refractivity contribution >= 4 is 29.7 Å². The molecule has 1 amide bonds. The van der Waals surface area contributed by atoms with Gasteiger partial charge in [0.15, 0.2) is 11.5 Å². The maximum atomic E-state index is 12.1. The van der Waals surface area contributed by atoms with Crippen LogP contribution in [-0.4, -0.2) is 17.9 Å². The quantitative estimate of drug-likeness (QED) is 0.830. The number of carbonyl (C=O) groups excluding carboxylic acids is 1. The Morgan fingerprint density at radius 3 is 2.65 bits per heavy atom. The maximum absolute atomic E-state index is 12.1. The van der Waals surface area contributed by atoms with Crippen LogP contribution < -0.4 is 20.5 Å². The van der Waals surface area contributed by atoms with E-state index in [1.54, 1.807) is 12.1 Å². The number of aryl methyl sites for hydroxylation is 2. The Hall–Kier alpha value is -2.41. The number of benzene rings is 1. The van der Waals surface area contributed by atoms with Gasteiger partial charge in [0.2, 0.25) is 12.7 Å². The molecular formula is C15H18ClN3O4. The van der Waals surface area contributed by atoms with Gasteiger partial charge in [-0.2, -0.15) is 0 Å². The summed E-state index contributed by atoms with van der Waals surface area (Å²) >= 11 is 0. The van der Waals surface area contributed by atoms with Crippen molar-refractivity contribution in [1.82, 2.24) is 5.16 Å². The molecule has 0 fully saturated rings. The number of nitrogens with one attached hydrogen (secondary N) is 1. The Morgan fingerprint density at radius 2 is 2.00 bits per heavy atom. The van der Waals surface area contributed by atoms with Gasteiger partial charge in [-0.3, -0.25) is 4.79 Å². The first-order valence-electron chi connectivity index (χ1n) is 6.95. The van der Waals surface area contributed by atoms with Crippen LogP contribution in [0, 0.1) is 13.8 Å². The summed E-state index contributed by atoms with van der Waals surface area (Å²) in [6.07, 6.45) is 0.883. The fraction of sp³-hybridized carbons (Fsp3) is 0.333. The number of hydrogen-bond acceptors (Lipinski definition) is 6. The number of fused-ring (bicyclic) bond motifs is 1. The average molecular weight is 340 g/mol. The molecule has 3 N–H and O–H groups in total. The van der Waals surface area contributed by atoms with E-state index in [0.29, 0.717) is 35.7 Å². The summed E-state index contributed by atoms with van der Waals surface area (Å²) < 4.78 is 15.6. The molecule has 124 valence electrons. The number of nitrogens with two attached hydrogens (primary N) is 1. The van der Waals surface area contributed by atoms with Crippen LogP contribution in [0.3, 0.4) is 0 Å². The number of hydrogen-bond donors (Lipinski definition) is 2. The number of rotatable bonds is 4. The molecule has 1 aromatic carbocycles. The van der Waals surface area contributed by atoms with Gasteiger partial charge in [0.1, 0.15) is 5.76 Å². The number of aromatic nitrogens is 1. The van der Waals surface area contributed by atoms with Crippen molar-refractivity contribution in [2.24, 2.45) is 0 Å². The van der Waals surface area contributed by atoms with Crippen LogP contribution >= 0.6 is 12.4 Å². The van der Waals surface area contributed by atoms with Crippen molar-refractivity contribution in [1.29, 1.82) is 0 Å². The van der Waals surface area contributed by atoms with Crippen molar-refractivity contribution in [2.45, 2.75) is 26.7 Å². The first-order valence-corrected chi connectivity index (χ1v) is 6.95. The number of nitrogen functional groups attached to an aromatic ring is 1. The Kier molecular flexibility index (Phi) is 5.00. The maximum Gasteiger partial charge on any atom is 0.231 e.